The van der Waals surface area contributed by atoms with Gasteiger partial charge in [0.05, 0.1) is 11.1 Å². The van der Waals surface area contributed by atoms with Crippen molar-refractivity contribution in [1.29, 1.82) is 0 Å². The number of carbonyl (C=O) groups is 2. The van der Waals surface area contributed by atoms with E-state index in [4.69, 9.17) is 0 Å². The predicted octanol–water partition coefficient (Wildman–Crippen LogP) is 3.96. The van der Waals surface area contributed by atoms with Crippen molar-refractivity contribution >= 4 is 11.8 Å². The number of nitrogens with zero attached hydrogens (tertiary/aromatic N) is 2. The van der Waals surface area contributed by atoms with Gasteiger partial charge in [0.25, 0.3) is 11.8 Å². The highest BCUT2D eigenvalue weighted by Crippen LogP contribution is 2.43. The number of phenols is 1. The van der Waals surface area contributed by atoms with Gasteiger partial charge in [-0.15, -0.1) is 0 Å². The zero-order valence-electron chi connectivity index (χ0n) is 17.2. The molecule has 0 radical (unpaired) electrons. The lowest BCUT2D eigenvalue weighted by atomic mass is 9.79. The number of benzene rings is 2. The standard InChI is InChI=1S/C25H28N2O3/c28-23-10-6-9-17-18-13-16-26(22(18)12-11-19(17)23)14-4-1-5-15-27-24(29)20-7-2-3-8-21(20)25(27)30/h2-3,6-10,18,22,28H,1,4-5,11-16H2/t18-,22+/m0/s1. The van der Waals surface area contributed by atoms with E-state index in [1.54, 1.807) is 18.2 Å². The smallest absolute Gasteiger partial charge is 0.261 e. The molecule has 0 spiro atoms. The van der Waals surface area contributed by atoms with Crippen LogP contribution in [0.15, 0.2) is 42.5 Å². The number of likely N-dealkylation sites (tertiary alicyclic amines) is 1. The van der Waals surface area contributed by atoms with Crippen LogP contribution in [0.25, 0.3) is 0 Å². The maximum Gasteiger partial charge on any atom is 0.261 e. The number of rotatable bonds is 6. The molecule has 30 heavy (non-hydrogen) atoms. The highest BCUT2D eigenvalue weighted by molar-refractivity contribution is 6.21. The van der Waals surface area contributed by atoms with Crippen LogP contribution in [-0.4, -0.2) is 52.4 Å². The van der Waals surface area contributed by atoms with E-state index >= 15 is 0 Å². The largest absolute Gasteiger partial charge is 0.508 e. The SMILES string of the molecule is O=C1c2ccccc2C(=O)N1CCCCCN1CC[C@H]2c3cccc(O)c3CC[C@H]21. The quantitative estimate of drug-likeness (QED) is 0.585. The van der Waals surface area contributed by atoms with Gasteiger partial charge in [0, 0.05) is 18.5 Å². The molecule has 0 aromatic heterocycles. The fraction of sp³-hybridized carbons (Fsp3) is 0.440. The molecule has 1 fully saturated rings. The van der Waals surface area contributed by atoms with E-state index in [1.165, 1.54) is 10.5 Å². The zero-order chi connectivity index (χ0) is 20.7. The molecule has 2 amide bonds. The molecular weight excluding hydrogens is 376 g/mol. The zero-order valence-corrected chi connectivity index (χ0v) is 17.2. The summed E-state index contributed by atoms with van der Waals surface area (Å²) in [5, 5.41) is 10.2. The molecule has 1 aliphatic carbocycles. The monoisotopic (exact) mass is 404 g/mol. The average molecular weight is 405 g/mol. The molecule has 2 aliphatic heterocycles. The van der Waals surface area contributed by atoms with Gasteiger partial charge in [0.2, 0.25) is 0 Å². The Morgan fingerprint density at radius 2 is 1.60 bits per heavy atom. The van der Waals surface area contributed by atoms with E-state index in [0.29, 0.717) is 35.4 Å². The van der Waals surface area contributed by atoms with Gasteiger partial charge >= 0.3 is 0 Å². The number of hydrogen-bond donors (Lipinski definition) is 1. The Morgan fingerprint density at radius 3 is 2.37 bits per heavy atom. The van der Waals surface area contributed by atoms with Crippen molar-refractivity contribution < 1.29 is 14.7 Å². The molecule has 2 aromatic carbocycles. The van der Waals surface area contributed by atoms with E-state index < -0.39 is 0 Å². The van der Waals surface area contributed by atoms with Crippen LogP contribution < -0.4 is 0 Å². The normalized spacial score (nSPS) is 22.9. The van der Waals surface area contributed by atoms with Gasteiger partial charge in [-0.3, -0.25) is 19.4 Å². The van der Waals surface area contributed by atoms with Crippen molar-refractivity contribution in [2.24, 2.45) is 0 Å². The number of hydrogen-bond acceptors (Lipinski definition) is 4. The molecule has 2 aromatic rings. The lowest BCUT2D eigenvalue weighted by molar-refractivity contribution is 0.0651. The average Bonchev–Trinajstić information content (AvgIpc) is 3.28. The van der Waals surface area contributed by atoms with E-state index in [-0.39, 0.29) is 11.8 Å². The number of imide groups is 1. The molecule has 3 aliphatic rings. The highest BCUT2D eigenvalue weighted by Gasteiger charge is 2.39. The first-order valence-electron chi connectivity index (χ1n) is 11.1. The molecule has 0 bridgehead atoms. The molecule has 2 atom stereocenters. The number of amides is 2. The maximum atomic E-state index is 12.4. The van der Waals surface area contributed by atoms with Crippen LogP contribution in [0, 0.1) is 0 Å². The Bertz CT molecular complexity index is 951. The fourth-order valence-electron chi connectivity index (χ4n) is 5.65. The molecule has 0 saturated carbocycles. The number of aromatic hydroxyl groups is 1. The van der Waals surface area contributed by atoms with Crippen LogP contribution >= 0.6 is 0 Å². The summed E-state index contributed by atoms with van der Waals surface area (Å²) in [6, 6.07) is 13.6. The van der Waals surface area contributed by atoms with E-state index in [1.807, 2.05) is 18.2 Å². The van der Waals surface area contributed by atoms with Gasteiger partial charge in [-0.2, -0.15) is 0 Å². The molecule has 1 N–H and O–H groups in total. The van der Waals surface area contributed by atoms with Crippen LogP contribution in [0.1, 0.15) is 69.9 Å². The van der Waals surface area contributed by atoms with Gasteiger partial charge in [0.1, 0.15) is 5.75 Å². The minimum Gasteiger partial charge on any atom is -0.508 e. The third-order valence-corrected chi connectivity index (χ3v) is 7.14. The van der Waals surface area contributed by atoms with Crippen LogP contribution in [0.4, 0.5) is 0 Å². The Morgan fingerprint density at radius 1 is 0.867 bits per heavy atom. The summed E-state index contributed by atoms with van der Waals surface area (Å²) in [7, 11) is 0. The van der Waals surface area contributed by atoms with E-state index in [9.17, 15) is 14.7 Å². The summed E-state index contributed by atoms with van der Waals surface area (Å²) in [4.78, 5) is 28.9. The number of fused-ring (bicyclic) bond motifs is 4. The predicted molar refractivity (Wildman–Crippen MR) is 115 cm³/mol. The molecule has 5 nitrogen and oxygen atoms in total. The van der Waals surface area contributed by atoms with Crippen molar-refractivity contribution in [2.75, 3.05) is 19.6 Å². The molecule has 5 rings (SSSR count). The molecule has 5 heteroatoms. The second-order valence-corrected chi connectivity index (χ2v) is 8.75. The van der Waals surface area contributed by atoms with Crippen molar-refractivity contribution in [3.63, 3.8) is 0 Å². The first-order valence-corrected chi connectivity index (χ1v) is 11.1. The number of carbonyl (C=O) groups excluding carboxylic acids is 2. The Kier molecular flexibility index (Phi) is 5.07. The van der Waals surface area contributed by atoms with Gasteiger partial charge in [-0.25, -0.2) is 0 Å². The Labute approximate surface area is 177 Å². The highest BCUT2D eigenvalue weighted by atomic mass is 16.3. The second kappa shape index (κ2) is 7.88. The summed E-state index contributed by atoms with van der Waals surface area (Å²) in [5.74, 6) is 0.695. The van der Waals surface area contributed by atoms with Crippen molar-refractivity contribution in [1.82, 2.24) is 9.80 Å². The van der Waals surface area contributed by atoms with Crippen molar-refractivity contribution in [2.45, 2.75) is 50.5 Å². The van der Waals surface area contributed by atoms with Gasteiger partial charge in [-0.05, 0) is 74.5 Å². The summed E-state index contributed by atoms with van der Waals surface area (Å²) >= 11 is 0. The van der Waals surface area contributed by atoms with Crippen LogP contribution in [0.2, 0.25) is 0 Å². The summed E-state index contributed by atoms with van der Waals surface area (Å²) < 4.78 is 0. The molecular formula is C25H28N2O3. The molecule has 0 unspecified atom stereocenters. The number of unbranched alkanes of at least 4 members (excludes halogenated alkanes) is 2. The number of phenolic OH excluding ortho intramolecular Hbond substituents is 1. The van der Waals surface area contributed by atoms with E-state index in [0.717, 1.165) is 57.2 Å². The molecule has 2 heterocycles. The Hall–Kier alpha value is -2.66. The Balaban J connectivity index is 1.11. The van der Waals surface area contributed by atoms with Crippen molar-refractivity contribution in [3.8, 4) is 5.75 Å². The lowest BCUT2D eigenvalue weighted by Gasteiger charge is -2.33. The minimum atomic E-state index is -0.151. The summed E-state index contributed by atoms with van der Waals surface area (Å²) in [6.45, 7) is 2.69. The van der Waals surface area contributed by atoms with Gasteiger partial charge in [-0.1, -0.05) is 30.7 Å². The minimum absolute atomic E-state index is 0.151. The third kappa shape index (κ3) is 3.21. The van der Waals surface area contributed by atoms with E-state index in [2.05, 4.69) is 11.0 Å². The van der Waals surface area contributed by atoms with Gasteiger partial charge in [0.15, 0.2) is 0 Å². The lowest BCUT2D eigenvalue weighted by Crippen LogP contribution is -2.35. The van der Waals surface area contributed by atoms with Gasteiger partial charge < -0.3 is 5.11 Å². The summed E-state index contributed by atoms with van der Waals surface area (Å²) in [6.07, 6.45) is 6.18. The second-order valence-electron chi connectivity index (χ2n) is 8.75. The first kappa shape index (κ1) is 19.3. The topological polar surface area (TPSA) is 60.9 Å². The maximum absolute atomic E-state index is 12.4. The molecule has 156 valence electrons. The molecule has 1 saturated heterocycles. The fourth-order valence-corrected chi connectivity index (χ4v) is 5.65. The van der Waals surface area contributed by atoms with Crippen LogP contribution in [-0.2, 0) is 6.42 Å². The van der Waals surface area contributed by atoms with Crippen LogP contribution in [0.5, 0.6) is 5.75 Å². The summed E-state index contributed by atoms with van der Waals surface area (Å²) in [5.41, 5.74) is 3.57. The third-order valence-electron chi connectivity index (χ3n) is 7.14. The van der Waals surface area contributed by atoms with Crippen molar-refractivity contribution in [3.05, 3.63) is 64.7 Å². The van der Waals surface area contributed by atoms with Crippen LogP contribution in [0.3, 0.4) is 0 Å². The first-order chi connectivity index (χ1) is 14.6.